The Balaban J connectivity index is 1.78. The standard InChI is InChI=1S/C22H23F2N3O2/c1-4-27-11-10-14-12-15(8-9-18(14)27)25-22(29)20(13(2)3)26-21(28)19-16(23)6-5-7-17(19)24/h5-13,20H,4H2,1-3H3,(H,25,29)(H,26,28)/t20-/m0/s1. The molecule has 2 N–H and O–H groups in total. The maximum atomic E-state index is 13.9. The number of nitrogens with one attached hydrogen (secondary N) is 2. The number of benzene rings is 2. The van der Waals surface area contributed by atoms with Gasteiger partial charge in [-0.3, -0.25) is 9.59 Å². The van der Waals surface area contributed by atoms with Crippen LogP contribution in [-0.2, 0) is 11.3 Å². The summed E-state index contributed by atoms with van der Waals surface area (Å²) < 4.78 is 29.8. The van der Waals surface area contributed by atoms with Gasteiger partial charge in [-0.1, -0.05) is 19.9 Å². The summed E-state index contributed by atoms with van der Waals surface area (Å²) in [4.78, 5) is 25.2. The number of halogens is 2. The number of nitrogens with zero attached hydrogens (tertiary/aromatic N) is 1. The molecule has 0 spiro atoms. The molecule has 2 amide bonds. The van der Waals surface area contributed by atoms with E-state index in [1.54, 1.807) is 19.9 Å². The molecular formula is C22H23F2N3O2. The Bertz CT molecular complexity index is 1040. The normalized spacial score (nSPS) is 12.2. The number of carbonyl (C=O) groups is 2. The second-order valence-electron chi connectivity index (χ2n) is 7.16. The van der Waals surface area contributed by atoms with Crippen molar-refractivity contribution in [1.29, 1.82) is 0 Å². The summed E-state index contributed by atoms with van der Waals surface area (Å²) in [5, 5.41) is 6.20. The summed E-state index contributed by atoms with van der Waals surface area (Å²) in [6.07, 6.45) is 1.97. The average molecular weight is 399 g/mol. The third kappa shape index (κ3) is 4.29. The number of hydrogen-bond acceptors (Lipinski definition) is 2. The van der Waals surface area contributed by atoms with E-state index in [9.17, 15) is 18.4 Å². The van der Waals surface area contributed by atoms with Crippen LogP contribution in [0, 0.1) is 17.6 Å². The average Bonchev–Trinajstić information content (AvgIpc) is 3.08. The molecule has 1 heterocycles. The Labute approximate surface area is 167 Å². The second-order valence-corrected chi connectivity index (χ2v) is 7.16. The van der Waals surface area contributed by atoms with Gasteiger partial charge in [0.05, 0.1) is 0 Å². The molecule has 0 bridgehead atoms. The number of rotatable bonds is 6. The zero-order chi connectivity index (χ0) is 21.1. The Morgan fingerprint density at radius 3 is 2.38 bits per heavy atom. The van der Waals surface area contributed by atoms with E-state index < -0.39 is 35.1 Å². The molecule has 0 aliphatic heterocycles. The van der Waals surface area contributed by atoms with Crippen molar-refractivity contribution in [2.45, 2.75) is 33.4 Å². The highest BCUT2D eigenvalue weighted by Gasteiger charge is 2.27. The lowest BCUT2D eigenvalue weighted by Gasteiger charge is -2.22. The van der Waals surface area contributed by atoms with Crippen molar-refractivity contribution in [3.8, 4) is 0 Å². The lowest BCUT2D eigenvalue weighted by Crippen LogP contribution is -2.47. The number of aryl methyl sites for hydroxylation is 1. The molecule has 152 valence electrons. The number of hydrogen-bond donors (Lipinski definition) is 2. The van der Waals surface area contributed by atoms with Crippen molar-refractivity contribution < 1.29 is 18.4 Å². The van der Waals surface area contributed by atoms with Crippen LogP contribution >= 0.6 is 0 Å². The first-order chi connectivity index (χ1) is 13.8. The highest BCUT2D eigenvalue weighted by molar-refractivity contribution is 6.02. The molecular weight excluding hydrogens is 376 g/mol. The number of anilines is 1. The topological polar surface area (TPSA) is 63.1 Å². The van der Waals surface area contributed by atoms with Crippen LogP contribution < -0.4 is 10.6 Å². The molecule has 0 saturated carbocycles. The van der Waals surface area contributed by atoms with Gasteiger partial charge in [0.25, 0.3) is 5.91 Å². The predicted octanol–water partition coefficient (Wildman–Crippen LogP) is 4.33. The Kier molecular flexibility index (Phi) is 5.96. The minimum Gasteiger partial charge on any atom is -0.348 e. The van der Waals surface area contributed by atoms with Gasteiger partial charge >= 0.3 is 0 Å². The fourth-order valence-corrected chi connectivity index (χ4v) is 3.24. The van der Waals surface area contributed by atoms with Gasteiger partial charge in [-0.05, 0) is 49.2 Å². The van der Waals surface area contributed by atoms with Gasteiger partial charge in [0.15, 0.2) is 0 Å². The monoisotopic (exact) mass is 399 g/mol. The maximum Gasteiger partial charge on any atom is 0.257 e. The zero-order valence-electron chi connectivity index (χ0n) is 16.5. The molecule has 29 heavy (non-hydrogen) atoms. The van der Waals surface area contributed by atoms with Gasteiger partial charge in [0, 0.05) is 29.3 Å². The molecule has 0 saturated heterocycles. The van der Waals surface area contributed by atoms with Crippen molar-refractivity contribution in [1.82, 2.24) is 9.88 Å². The van der Waals surface area contributed by atoms with Gasteiger partial charge in [-0.25, -0.2) is 8.78 Å². The van der Waals surface area contributed by atoms with Gasteiger partial charge in [-0.2, -0.15) is 0 Å². The number of aromatic nitrogens is 1. The van der Waals surface area contributed by atoms with Crippen LogP contribution in [-0.4, -0.2) is 22.4 Å². The van der Waals surface area contributed by atoms with Crippen molar-refractivity contribution in [2.75, 3.05) is 5.32 Å². The molecule has 0 radical (unpaired) electrons. The minimum atomic E-state index is -0.976. The molecule has 7 heteroatoms. The number of carbonyl (C=O) groups excluding carboxylic acids is 2. The molecule has 0 aliphatic rings. The lowest BCUT2D eigenvalue weighted by molar-refractivity contribution is -0.118. The van der Waals surface area contributed by atoms with Gasteiger partial charge in [0.2, 0.25) is 5.91 Å². The smallest absolute Gasteiger partial charge is 0.257 e. The van der Waals surface area contributed by atoms with Crippen LogP contribution in [0.1, 0.15) is 31.1 Å². The Morgan fingerprint density at radius 1 is 1.07 bits per heavy atom. The van der Waals surface area contributed by atoms with Crippen LogP contribution in [0.3, 0.4) is 0 Å². The van der Waals surface area contributed by atoms with Crippen LogP contribution in [0.25, 0.3) is 10.9 Å². The van der Waals surface area contributed by atoms with Crippen LogP contribution in [0.2, 0.25) is 0 Å². The van der Waals surface area contributed by atoms with Crippen molar-refractivity contribution in [3.63, 3.8) is 0 Å². The quantitative estimate of drug-likeness (QED) is 0.648. The van der Waals surface area contributed by atoms with Crippen molar-refractivity contribution in [2.24, 2.45) is 5.92 Å². The molecule has 0 unspecified atom stereocenters. The van der Waals surface area contributed by atoms with Crippen molar-refractivity contribution >= 4 is 28.4 Å². The van der Waals surface area contributed by atoms with E-state index in [4.69, 9.17) is 0 Å². The fraction of sp³-hybridized carbons (Fsp3) is 0.273. The first kappa shape index (κ1) is 20.5. The maximum absolute atomic E-state index is 13.9. The molecule has 0 fully saturated rings. The molecule has 0 aliphatic carbocycles. The third-order valence-electron chi connectivity index (χ3n) is 4.80. The van der Waals surface area contributed by atoms with Crippen LogP contribution in [0.15, 0.2) is 48.7 Å². The van der Waals surface area contributed by atoms with Gasteiger partial charge < -0.3 is 15.2 Å². The minimum absolute atomic E-state index is 0.293. The van der Waals surface area contributed by atoms with Crippen LogP contribution in [0.4, 0.5) is 14.5 Å². The first-order valence-electron chi connectivity index (χ1n) is 9.46. The van der Waals surface area contributed by atoms with E-state index in [2.05, 4.69) is 15.2 Å². The molecule has 1 aromatic heterocycles. The van der Waals surface area contributed by atoms with E-state index in [1.165, 1.54) is 6.07 Å². The summed E-state index contributed by atoms with van der Waals surface area (Å²) >= 11 is 0. The zero-order valence-corrected chi connectivity index (χ0v) is 16.5. The van der Waals surface area contributed by atoms with Gasteiger partial charge in [-0.15, -0.1) is 0 Å². The summed E-state index contributed by atoms with van der Waals surface area (Å²) in [6, 6.07) is 9.70. The first-order valence-corrected chi connectivity index (χ1v) is 9.46. The van der Waals surface area contributed by atoms with E-state index in [0.29, 0.717) is 5.69 Å². The molecule has 2 aromatic carbocycles. The van der Waals surface area contributed by atoms with Crippen molar-refractivity contribution in [3.05, 3.63) is 65.9 Å². The number of fused-ring (bicyclic) bond motifs is 1. The van der Waals surface area contributed by atoms with E-state index in [-0.39, 0.29) is 5.92 Å². The molecule has 5 nitrogen and oxygen atoms in total. The molecule has 3 rings (SSSR count). The summed E-state index contributed by atoms with van der Waals surface area (Å²) in [6.45, 7) is 6.37. The summed E-state index contributed by atoms with van der Waals surface area (Å²) in [7, 11) is 0. The second kappa shape index (κ2) is 8.43. The highest BCUT2D eigenvalue weighted by Crippen LogP contribution is 2.21. The molecule has 3 aromatic rings. The number of amides is 2. The summed E-state index contributed by atoms with van der Waals surface area (Å²) in [5.74, 6) is -3.67. The largest absolute Gasteiger partial charge is 0.348 e. The van der Waals surface area contributed by atoms with E-state index >= 15 is 0 Å². The fourth-order valence-electron chi connectivity index (χ4n) is 3.24. The SMILES string of the molecule is CCn1ccc2cc(NC(=O)[C@@H](NC(=O)c3c(F)cccc3F)C(C)C)ccc21. The van der Waals surface area contributed by atoms with E-state index in [0.717, 1.165) is 29.6 Å². The van der Waals surface area contributed by atoms with Gasteiger partial charge in [0.1, 0.15) is 23.2 Å². The van der Waals surface area contributed by atoms with E-state index in [1.807, 2.05) is 31.3 Å². The Hall–Kier alpha value is -3.22. The Morgan fingerprint density at radius 2 is 1.76 bits per heavy atom. The predicted molar refractivity (Wildman–Crippen MR) is 109 cm³/mol. The highest BCUT2D eigenvalue weighted by atomic mass is 19.1. The summed E-state index contributed by atoms with van der Waals surface area (Å²) in [5.41, 5.74) is 0.927. The molecule has 1 atom stereocenters. The third-order valence-corrected chi connectivity index (χ3v) is 4.80. The van der Waals surface area contributed by atoms with Crippen LogP contribution in [0.5, 0.6) is 0 Å². The lowest BCUT2D eigenvalue weighted by atomic mass is 10.0.